The molecule has 3 aromatic rings. The zero-order valence-electron chi connectivity index (χ0n) is 20.4. The molecule has 5 nitrogen and oxygen atoms in total. The monoisotopic (exact) mass is 480 g/mol. The molecule has 0 bridgehead atoms. The lowest BCUT2D eigenvalue weighted by Crippen LogP contribution is -2.45. The first-order valence-corrected chi connectivity index (χ1v) is 12.3. The highest BCUT2D eigenvalue weighted by molar-refractivity contribution is 6.06. The van der Waals surface area contributed by atoms with E-state index in [1.165, 1.54) is 17.2 Å². The Morgan fingerprint density at radius 3 is 1.69 bits per heavy atom. The summed E-state index contributed by atoms with van der Waals surface area (Å²) in [5.74, 6) is -0.370. The standard InChI is InChI=1S/C31H32N2O3/c34-24-30(35)16-12-25-6-8-26(9-7-25)13-17-31(36)29-14-10-28(11-15-29)23-33-20-18-32(19-21-33)22-27-4-2-1-3-5-27/h1-17,34H,18-24H2/b16-12+,17-13+. The predicted molar refractivity (Wildman–Crippen MR) is 144 cm³/mol. The molecule has 0 unspecified atom stereocenters. The maximum absolute atomic E-state index is 12.6. The van der Waals surface area contributed by atoms with Crippen molar-refractivity contribution in [2.24, 2.45) is 0 Å². The van der Waals surface area contributed by atoms with Crippen LogP contribution in [0.15, 0.2) is 91.0 Å². The molecule has 0 saturated carbocycles. The zero-order chi connectivity index (χ0) is 25.2. The minimum absolute atomic E-state index is 0.0337. The molecule has 1 aliphatic heterocycles. The van der Waals surface area contributed by atoms with Crippen LogP contribution in [-0.4, -0.2) is 59.3 Å². The number of allylic oxidation sites excluding steroid dienone is 1. The molecule has 0 aromatic heterocycles. The summed E-state index contributed by atoms with van der Waals surface area (Å²) in [6.07, 6.45) is 6.38. The Labute approximate surface area is 213 Å². The van der Waals surface area contributed by atoms with Crippen LogP contribution in [0.3, 0.4) is 0 Å². The van der Waals surface area contributed by atoms with E-state index >= 15 is 0 Å². The summed E-state index contributed by atoms with van der Waals surface area (Å²) in [6, 6.07) is 26.0. The molecule has 0 atom stereocenters. The molecule has 1 heterocycles. The van der Waals surface area contributed by atoms with E-state index in [9.17, 15) is 9.59 Å². The highest BCUT2D eigenvalue weighted by atomic mass is 16.3. The van der Waals surface area contributed by atoms with Crippen molar-refractivity contribution in [3.05, 3.63) is 119 Å². The van der Waals surface area contributed by atoms with E-state index in [0.29, 0.717) is 5.56 Å². The summed E-state index contributed by atoms with van der Waals surface area (Å²) in [4.78, 5) is 28.7. The molecule has 4 rings (SSSR count). The van der Waals surface area contributed by atoms with E-state index < -0.39 is 6.61 Å². The van der Waals surface area contributed by atoms with Crippen molar-refractivity contribution in [1.29, 1.82) is 0 Å². The van der Waals surface area contributed by atoms with Gasteiger partial charge in [0, 0.05) is 44.8 Å². The van der Waals surface area contributed by atoms with Gasteiger partial charge in [-0.2, -0.15) is 0 Å². The van der Waals surface area contributed by atoms with Gasteiger partial charge in [0.2, 0.25) is 0 Å². The number of carbonyl (C=O) groups is 2. The van der Waals surface area contributed by atoms with Crippen molar-refractivity contribution >= 4 is 23.7 Å². The molecule has 1 fully saturated rings. The van der Waals surface area contributed by atoms with E-state index in [4.69, 9.17) is 5.11 Å². The number of benzene rings is 3. The fraction of sp³-hybridized carbons (Fsp3) is 0.226. The van der Waals surface area contributed by atoms with Gasteiger partial charge in [-0.1, -0.05) is 91.0 Å². The van der Waals surface area contributed by atoms with Crippen molar-refractivity contribution in [2.45, 2.75) is 13.1 Å². The Balaban J connectivity index is 1.24. The highest BCUT2D eigenvalue weighted by Gasteiger charge is 2.17. The number of carbonyl (C=O) groups excluding carboxylic acids is 2. The zero-order valence-corrected chi connectivity index (χ0v) is 20.4. The fourth-order valence-electron chi connectivity index (χ4n) is 4.21. The third-order valence-electron chi connectivity index (χ3n) is 6.34. The molecule has 0 aliphatic carbocycles. The molecule has 0 amide bonds. The first-order chi connectivity index (χ1) is 17.6. The van der Waals surface area contributed by atoms with Crippen LogP contribution in [-0.2, 0) is 17.9 Å². The van der Waals surface area contributed by atoms with E-state index in [-0.39, 0.29) is 11.6 Å². The van der Waals surface area contributed by atoms with Crippen molar-refractivity contribution in [1.82, 2.24) is 9.80 Å². The van der Waals surface area contributed by atoms with Gasteiger partial charge in [-0.25, -0.2) is 0 Å². The van der Waals surface area contributed by atoms with Crippen LogP contribution >= 0.6 is 0 Å². The molecule has 36 heavy (non-hydrogen) atoms. The number of ketones is 2. The number of piperazine rings is 1. The lowest BCUT2D eigenvalue weighted by molar-refractivity contribution is -0.117. The van der Waals surface area contributed by atoms with Crippen LogP contribution in [0.5, 0.6) is 0 Å². The van der Waals surface area contributed by atoms with Crippen molar-refractivity contribution in [3.8, 4) is 0 Å². The molecular weight excluding hydrogens is 448 g/mol. The van der Waals surface area contributed by atoms with Gasteiger partial charge in [0.1, 0.15) is 6.61 Å². The second-order valence-electron chi connectivity index (χ2n) is 9.06. The van der Waals surface area contributed by atoms with Crippen LogP contribution in [0, 0.1) is 0 Å². The third kappa shape index (κ3) is 7.68. The first kappa shape index (κ1) is 25.5. The molecule has 0 radical (unpaired) electrons. The van der Waals surface area contributed by atoms with Crippen LogP contribution in [0.4, 0.5) is 0 Å². The maximum Gasteiger partial charge on any atom is 0.185 e. The number of aliphatic hydroxyl groups is 1. The van der Waals surface area contributed by atoms with Gasteiger partial charge in [0.05, 0.1) is 0 Å². The summed E-state index contributed by atoms with van der Waals surface area (Å²) in [5, 5.41) is 8.77. The van der Waals surface area contributed by atoms with E-state index in [1.807, 2.05) is 48.5 Å². The molecule has 1 aliphatic rings. The fourth-order valence-corrected chi connectivity index (χ4v) is 4.21. The Hall–Kier alpha value is -3.64. The highest BCUT2D eigenvalue weighted by Crippen LogP contribution is 2.14. The lowest BCUT2D eigenvalue weighted by Gasteiger charge is -2.34. The van der Waals surface area contributed by atoms with E-state index in [2.05, 4.69) is 40.1 Å². The van der Waals surface area contributed by atoms with Crippen LogP contribution in [0.25, 0.3) is 12.2 Å². The van der Waals surface area contributed by atoms with Gasteiger partial charge in [-0.15, -0.1) is 0 Å². The number of aliphatic hydroxyl groups excluding tert-OH is 1. The quantitative estimate of drug-likeness (QED) is 0.343. The number of hydrogen-bond donors (Lipinski definition) is 1. The second-order valence-corrected chi connectivity index (χ2v) is 9.06. The lowest BCUT2D eigenvalue weighted by atomic mass is 10.1. The van der Waals surface area contributed by atoms with Gasteiger partial charge in [0.15, 0.2) is 11.6 Å². The first-order valence-electron chi connectivity index (χ1n) is 12.3. The van der Waals surface area contributed by atoms with Crippen molar-refractivity contribution in [3.63, 3.8) is 0 Å². The summed E-state index contributed by atoms with van der Waals surface area (Å²) >= 11 is 0. The average molecular weight is 481 g/mol. The number of rotatable bonds is 10. The smallest absolute Gasteiger partial charge is 0.185 e. The average Bonchev–Trinajstić information content (AvgIpc) is 2.93. The maximum atomic E-state index is 12.6. The minimum Gasteiger partial charge on any atom is -0.388 e. The Bertz CT molecular complexity index is 1190. The van der Waals surface area contributed by atoms with Crippen LogP contribution in [0.2, 0.25) is 0 Å². The Morgan fingerprint density at radius 2 is 1.17 bits per heavy atom. The van der Waals surface area contributed by atoms with Gasteiger partial charge >= 0.3 is 0 Å². The molecular formula is C31H32N2O3. The van der Waals surface area contributed by atoms with E-state index in [1.54, 1.807) is 18.2 Å². The summed E-state index contributed by atoms with van der Waals surface area (Å²) in [7, 11) is 0. The molecule has 5 heteroatoms. The summed E-state index contributed by atoms with van der Waals surface area (Å²) < 4.78 is 0. The number of hydrogen-bond acceptors (Lipinski definition) is 5. The summed E-state index contributed by atoms with van der Waals surface area (Å²) in [6.45, 7) is 5.63. The van der Waals surface area contributed by atoms with Gasteiger partial charge in [-0.3, -0.25) is 19.4 Å². The number of nitrogens with zero attached hydrogens (tertiary/aromatic N) is 2. The predicted octanol–water partition coefficient (Wildman–Crippen LogP) is 4.48. The van der Waals surface area contributed by atoms with Gasteiger partial charge < -0.3 is 5.11 Å². The second kappa shape index (κ2) is 12.9. The molecule has 0 spiro atoms. The molecule has 1 saturated heterocycles. The Morgan fingerprint density at radius 1 is 0.667 bits per heavy atom. The topological polar surface area (TPSA) is 60.9 Å². The molecule has 184 valence electrons. The third-order valence-corrected chi connectivity index (χ3v) is 6.34. The molecule has 1 N–H and O–H groups in total. The van der Waals surface area contributed by atoms with Gasteiger partial charge in [0.25, 0.3) is 0 Å². The Kier molecular flexibility index (Phi) is 9.11. The van der Waals surface area contributed by atoms with Crippen LogP contribution < -0.4 is 0 Å². The van der Waals surface area contributed by atoms with E-state index in [0.717, 1.165) is 50.4 Å². The largest absolute Gasteiger partial charge is 0.388 e. The molecule has 3 aromatic carbocycles. The summed E-state index contributed by atoms with van der Waals surface area (Å²) in [5.41, 5.74) is 5.01. The van der Waals surface area contributed by atoms with Crippen molar-refractivity contribution < 1.29 is 14.7 Å². The van der Waals surface area contributed by atoms with Crippen LogP contribution in [0.1, 0.15) is 32.6 Å². The van der Waals surface area contributed by atoms with Gasteiger partial charge in [-0.05, 0) is 34.4 Å². The SMILES string of the molecule is O=C(/C=C/c1ccc(/C=C/C(=O)c2ccc(CN3CCN(Cc4ccccc4)CC3)cc2)cc1)CO. The van der Waals surface area contributed by atoms with Crippen molar-refractivity contribution in [2.75, 3.05) is 32.8 Å². The minimum atomic E-state index is -0.493. The normalized spacial score (nSPS) is 15.0.